The maximum Gasteiger partial charge on any atom is 0.416 e. The van der Waals surface area contributed by atoms with Crippen molar-refractivity contribution < 1.29 is 37.3 Å². The van der Waals surface area contributed by atoms with Gasteiger partial charge in [-0.05, 0) is 31.4 Å². The summed E-state index contributed by atoms with van der Waals surface area (Å²) in [6.45, 7) is 1.25. The van der Waals surface area contributed by atoms with Crippen molar-refractivity contribution in [1.82, 2.24) is 10.3 Å². The van der Waals surface area contributed by atoms with Crippen LogP contribution in [0.5, 0.6) is 11.5 Å². The van der Waals surface area contributed by atoms with Gasteiger partial charge in [0.1, 0.15) is 6.04 Å². The molecule has 162 valence electrons. The van der Waals surface area contributed by atoms with Gasteiger partial charge >= 0.3 is 12.1 Å². The summed E-state index contributed by atoms with van der Waals surface area (Å²) >= 11 is 0. The summed E-state index contributed by atoms with van der Waals surface area (Å²) < 4.78 is 48.8. The molecule has 2 N–H and O–H groups in total. The van der Waals surface area contributed by atoms with Gasteiger partial charge in [0.25, 0.3) is 5.91 Å². The fourth-order valence-electron chi connectivity index (χ4n) is 2.67. The standard InChI is InChI=1S/C20H21F3N2O5/c1-12(25-18(27)16-17(26)15(29-2)9-10-24-16)19(28)30-11-5-7-13-6-3-4-8-14(13)20(21,22)23/h3-4,6,8-10,12,26H,5,7,11H2,1-2H3,(H,25,27)/t12-/m0/s1. The third-order valence-corrected chi connectivity index (χ3v) is 4.18. The third-order valence-electron chi connectivity index (χ3n) is 4.18. The maximum absolute atomic E-state index is 13.0. The van der Waals surface area contributed by atoms with Crippen LogP contribution in [-0.4, -0.2) is 41.7 Å². The van der Waals surface area contributed by atoms with Gasteiger partial charge in [-0.25, -0.2) is 9.78 Å². The van der Waals surface area contributed by atoms with E-state index in [1.54, 1.807) is 0 Å². The number of hydrogen-bond acceptors (Lipinski definition) is 6. The molecule has 0 aliphatic carbocycles. The quantitative estimate of drug-likeness (QED) is 0.497. The largest absolute Gasteiger partial charge is 0.503 e. The van der Waals surface area contributed by atoms with E-state index in [0.717, 1.165) is 6.07 Å². The van der Waals surface area contributed by atoms with Crippen LogP contribution in [-0.2, 0) is 22.1 Å². The molecular formula is C20H21F3N2O5. The zero-order chi connectivity index (χ0) is 22.3. The molecular weight excluding hydrogens is 405 g/mol. The van der Waals surface area contributed by atoms with E-state index >= 15 is 0 Å². The molecule has 0 radical (unpaired) electrons. The predicted molar refractivity (Wildman–Crippen MR) is 100 cm³/mol. The Morgan fingerprint density at radius 2 is 1.93 bits per heavy atom. The molecule has 0 aliphatic rings. The van der Waals surface area contributed by atoms with Gasteiger partial charge in [-0.15, -0.1) is 0 Å². The number of nitrogens with one attached hydrogen (secondary N) is 1. The summed E-state index contributed by atoms with van der Waals surface area (Å²) in [6, 6.07) is 5.50. The number of alkyl halides is 3. The summed E-state index contributed by atoms with van der Waals surface area (Å²) in [5.74, 6) is -2.00. The van der Waals surface area contributed by atoms with Crippen molar-refractivity contribution in [2.45, 2.75) is 32.0 Å². The summed E-state index contributed by atoms with van der Waals surface area (Å²) in [5, 5.41) is 12.3. The number of aromatic hydroxyl groups is 1. The van der Waals surface area contributed by atoms with Gasteiger partial charge < -0.3 is 19.9 Å². The Morgan fingerprint density at radius 3 is 2.60 bits per heavy atom. The fraction of sp³-hybridized carbons (Fsp3) is 0.350. The number of carbonyl (C=O) groups is 2. The number of benzene rings is 1. The summed E-state index contributed by atoms with van der Waals surface area (Å²) in [4.78, 5) is 28.0. The minimum Gasteiger partial charge on any atom is -0.503 e. The van der Waals surface area contributed by atoms with Gasteiger partial charge in [0.15, 0.2) is 17.2 Å². The van der Waals surface area contributed by atoms with Crippen LogP contribution in [0.3, 0.4) is 0 Å². The Bertz CT molecular complexity index is 902. The van der Waals surface area contributed by atoms with Crippen LogP contribution in [0.15, 0.2) is 36.5 Å². The molecule has 0 fully saturated rings. The Hall–Kier alpha value is -3.30. The molecule has 1 aromatic heterocycles. The third kappa shape index (κ3) is 5.85. The Kier molecular flexibility index (Phi) is 7.62. The van der Waals surface area contributed by atoms with Crippen molar-refractivity contribution in [3.8, 4) is 11.5 Å². The molecule has 1 amide bonds. The number of carbonyl (C=O) groups excluding carboxylic acids is 2. The molecule has 7 nitrogen and oxygen atoms in total. The molecule has 0 saturated heterocycles. The van der Waals surface area contributed by atoms with Crippen LogP contribution >= 0.6 is 0 Å². The predicted octanol–water partition coefficient (Wildman–Crippen LogP) is 3.11. The molecule has 1 aromatic carbocycles. The lowest BCUT2D eigenvalue weighted by Gasteiger charge is -2.15. The molecule has 30 heavy (non-hydrogen) atoms. The average molecular weight is 426 g/mol. The minimum absolute atomic E-state index is 0.0458. The molecule has 0 unspecified atom stereocenters. The summed E-state index contributed by atoms with van der Waals surface area (Å²) in [6.07, 6.45) is -2.94. The molecule has 2 rings (SSSR count). The Balaban J connectivity index is 1.85. The van der Waals surface area contributed by atoms with Crippen LogP contribution in [0.25, 0.3) is 0 Å². The highest BCUT2D eigenvalue weighted by atomic mass is 19.4. The van der Waals surface area contributed by atoms with Crippen LogP contribution in [0.2, 0.25) is 0 Å². The van der Waals surface area contributed by atoms with Crippen molar-refractivity contribution >= 4 is 11.9 Å². The lowest BCUT2D eigenvalue weighted by Crippen LogP contribution is -2.40. The molecule has 2 aromatic rings. The second-order valence-corrected chi connectivity index (χ2v) is 6.33. The minimum atomic E-state index is -4.45. The first-order valence-electron chi connectivity index (χ1n) is 8.99. The number of hydrogen-bond donors (Lipinski definition) is 2. The highest BCUT2D eigenvalue weighted by molar-refractivity contribution is 5.97. The Morgan fingerprint density at radius 1 is 1.23 bits per heavy atom. The number of amides is 1. The number of aromatic nitrogens is 1. The summed E-state index contributed by atoms with van der Waals surface area (Å²) in [5.41, 5.74) is -0.928. The van der Waals surface area contributed by atoms with Gasteiger partial charge in [0.05, 0.1) is 19.3 Å². The van der Waals surface area contributed by atoms with Gasteiger partial charge in [-0.3, -0.25) is 4.79 Å². The number of aryl methyl sites for hydroxylation is 1. The first-order chi connectivity index (χ1) is 14.1. The van der Waals surface area contributed by atoms with E-state index in [1.807, 2.05) is 0 Å². The van der Waals surface area contributed by atoms with Gasteiger partial charge in [0.2, 0.25) is 0 Å². The number of esters is 1. The van der Waals surface area contributed by atoms with E-state index in [-0.39, 0.29) is 36.5 Å². The van der Waals surface area contributed by atoms with E-state index < -0.39 is 35.4 Å². The molecule has 0 spiro atoms. The van der Waals surface area contributed by atoms with Crippen molar-refractivity contribution in [2.75, 3.05) is 13.7 Å². The van der Waals surface area contributed by atoms with Crippen molar-refractivity contribution in [3.05, 3.63) is 53.3 Å². The summed E-state index contributed by atoms with van der Waals surface area (Å²) in [7, 11) is 1.31. The molecule has 1 heterocycles. The van der Waals surface area contributed by atoms with Crippen molar-refractivity contribution in [3.63, 3.8) is 0 Å². The normalized spacial score (nSPS) is 12.2. The highest BCUT2D eigenvalue weighted by Gasteiger charge is 2.32. The van der Waals surface area contributed by atoms with Crippen LogP contribution in [0.1, 0.15) is 35.0 Å². The fourth-order valence-corrected chi connectivity index (χ4v) is 2.67. The zero-order valence-corrected chi connectivity index (χ0v) is 16.3. The lowest BCUT2D eigenvalue weighted by atomic mass is 10.0. The van der Waals surface area contributed by atoms with Crippen molar-refractivity contribution in [1.29, 1.82) is 0 Å². The molecule has 0 saturated carbocycles. The smallest absolute Gasteiger partial charge is 0.416 e. The number of halogens is 3. The number of methoxy groups -OCH3 is 1. The van der Waals surface area contributed by atoms with Gasteiger partial charge in [0, 0.05) is 12.3 Å². The SMILES string of the molecule is COc1ccnc(C(=O)N[C@@H](C)C(=O)OCCCc2ccccc2C(F)(F)F)c1O. The van der Waals surface area contributed by atoms with Crippen LogP contribution in [0, 0.1) is 0 Å². The molecule has 0 bridgehead atoms. The van der Waals surface area contributed by atoms with Crippen LogP contribution in [0.4, 0.5) is 13.2 Å². The monoisotopic (exact) mass is 426 g/mol. The highest BCUT2D eigenvalue weighted by Crippen LogP contribution is 2.32. The van der Waals surface area contributed by atoms with E-state index in [0.29, 0.717) is 0 Å². The van der Waals surface area contributed by atoms with E-state index in [2.05, 4.69) is 10.3 Å². The van der Waals surface area contributed by atoms with Gasteiger partial charge in [-0.2, -0.15) is 13.2 Å². The van der Waals surface area contributed by atoms with E-state index in [4.69, 9.17) is 9.47 Å². The Labute approximate surface area is 170 Å². The number of nitrogens with zero attached hydrogens (tertiary/aromatic N) is 1. The maximum atomic E-state index is 13.0. The first kappa shape index (κ1) is 23.0. The second-order valence-electron chi connectivity index (χ2n) is 6.33. The van der Waals surface area contributed by atoms with E-state index in [1.165, 1.54) is 44.5 Å². The average Bonchev–Trinajstić information content (AvgIpc) is 2.70. The molecule has 1 atom stereocenters. The van der Waals surface area contributed by atoms with Crippen molar-refractivity contribution in [2.24, 2.45) is 0 Å². The zero-order valence-electron chi connectivity index (χ0n) is 16.3. The topological polar surface area (TPSA) is 97.8 Å². The number of rotatable bonds is 8. The number of ether oxygens (including phenoxy) is 2. The van der Waals surface area contributed by atoms with E-state index in [9.17, 15) is 27.9 Å². The molecule has 10 heteroatoms. The van der Waals surface area contributed by atoms with Gasteiger partial charge in [-0.1, -0.05) is 18.2 Å². The number of pyridine rings is 1. The first-order valence-corrected chi connectivity index (χ1v) is 8.99. The second kappa shape index (κ2) is 9.95. The molecule has 0 aliphatic heterocycles. The lowest BCUT2D eigenvalue weighted by molar-refractivity contribution is -0.145. The van der Waals surface area contributed by atoms with Crippen LogP contribution < -0.4 is 10.1 Å².